The van der Waals surface area contributed by atoms with Gasteiger partial charge < -0.3 is 9.73 Å². The summed E-state index contributed by atoms with van der Waals surface area (Å²) in [5.41, 5.74) is -0.357. The summed E-state index contributed by atoms with van der Waals surface area (Å²) in [6.07, 6.45) is -4.56. The highest BCUT2D eigenvalue weighted by Gasteiger charge is 2.46. The van der Waals surface area contributed by atoms with Crippen molar-refractivity contribution in [1.82, 2.24) is 19.8 Å². The normalized spacial score (nSPS) is 23.0. The standard InChI is InChI=1S/C18H17F5N4O4S/c19-12-9(17-25-26-18(31-17)15(22)23)6-5-8-7-27(32(29,30)13(8)12)11-4-2-1-3-10(11)24-16(28)14(20)21/h5-6,10-11,14-15H,1-4,7H2,(H,24,28)/t10-,11-/m1/s1. The molecule has 0 spiro atoms. The fourth-order valence-electron chi connectivity index (χ4n) is 4.13. The second-order valence-corrected chi connectivity index (χ2v) is 9.31. The van der Waals surface area contributed by atoms with Crippen molar-refractivity contribution in [3.8, 4) is 11.5 Å². The summed E-state index contributed by atoms with van der Waals surface area (Å²) >= 11 is 0. The van der Waals surface area contributed by atoms with E-state index in [4.69, 9.17) is 4.42 Å². The molecule has 2 heterocycles. The third-order valence-electron chi connectivity index (χ3n) is 5.55. The highest BCUT2D eigenvalue weighted by Crippen LogP contribution is 2.40. The van der Waals surface area contributed by atoms with Crippen molar-refractivity contribution in [2.75, 3.05) is 0 Å². The van der Waals surface area contributed by atoms with Crippen LogP contribution in [0.25, 0.3) is 11.5 Å². The van der Waals surface area contributed by atoms with E-state index in [-0.39, 0.29) is 24.9 Å². The maximum absolute atomic E-state index is 15.2. The molecule has 0 radical (unpaired) electrons. The predicted octanol–water partition coefficient (Wildman–Crippen LogP) is 3.01. The van der Waals surface area contributed by atoms with Crippen molar-refractivity contribution in [2.24, 2.45) is 0 Å². The van der Waals surface area contributed by atoms with Crippen molar-refractivity contribution in [1.29, 1.82) is 0 Å². The highest BCUT2D eigenvalue weighted by atomic mass is 32.2. The number of amides is 1. The van der Waals surface area contributed by atoms with E-state index in [0.717, 1.165) is 10.4 Å². The van der Waals surface area contributed by atoms with Gasteiger partial charge in [0.05, 0.1) is 5.56 Å². The zero-order valence-corrected chi connectivity index (χ0v) is 17.1. The van der Waals surface area contributed by atoms with Crippen LogP contribution in [0.1, 0.15) is 43.6 Å². The van der Waals surface area contributed by atoms with Gasteiger partial charge in [0.25, 0.3) is 17.7 Å². The minimum atomic E-state index is -4.42. The Kier molecular flexibility index (Phi) is 5.92. The fraction of sp³-hybridized carbons (Fsp3) is 0.500. The summed E-state index contributed by atoms with van der Waals surface area (Å²) in [7, 11) is -4.42. The van der Waals surface area contributed by atoms with Crippen molar-refractivity contribution < 1.29 is 39.6 Å². The minimum Gasteiger partial charge on any atom is -0.415 e. The smallest absolute Gasteiger partial charge is 0.315 e. The molecule has 0 unspecified atom stereocenters. The fourth-order valence-corrected chi connectivity index (χ4v) is 6.08. The van der Waals surface area contributed by atoms with E-state index in [0.29, 0.717) is 12.8 Å². The van der Waals surface area contributed by atoms with Gasteiger partial charge in [0.2, 0.25) is 10.0 Å². The summed E-state index contributed by atoms with van der Waals surface area (Å²) in [5, 5.41) is 8.64. The number of hydrogen-bond donors (Lipinski definition) is 1. The number of fused-ring (bicyclic) bond motifs is 1. The molecule has 1 N–H and O–H groups in total. The Morgan fingerprint density at radius 2 is 1.88 bits per heavy atom. The summed E-state index contributed by atoms with van der Waals surface area (Å²) < 4.78 is 98.2. The molecule has 0 saturated heterocycles. The second kappa shape index (κ2) is 8.39. The van der Waals surface area contributed by atoms with Crippen LogP contribution in [-0.2, 0) is 21.4 Å². The summed E-state index contributed by atoms with van der Waals surface area (Å²) in [5.74, 6) is -4.38. The van der Waals surface area contributed by atoms with Crippen molar-refractivity contribution in [2.45, 2.75) is 62.1 Å². The van der Waals surface area contributed by atoms with Gasteiger partial charge in [-0.2, -0.15) is 21.9 Å². The Labute approximate surface area is 178 Å². The van der Waals surface area contributed by atoms with E-state index in [2.05, 4.69) is 15.5 Å². The molecule has 32 heavy (non-hydrogen) atoms. The third-order valence-corrected chi connectivity index (χ3v) is 7.53. The molecule has 0 bridgehead atoms. The van der Waals surface area contributed by atoms with Gasteiger partial charge in [-0.1, -0.05) is 18.9 Å². The first-order valence-corrected chi connectivity index (χ1v) is 11.1. The molecular weight excluding hydrogens is 463 g/mol. The first-order valence-electron chi connectivity index (χ1n) is 9.65. The van der Waals surface area contributed by atoms with Crippen LogP contribution >= 0.6 is 0 Å². The SMILES string of the molecule is O=C(N[C@@H]1CCCC[C@H]1N1Cc2ccc(-c3nnc(C(F)F)o3)c(F)c2S1(=O)=O)C(F)F. The Balaban J connectivity index is 1.68. The van der Waals surface area contributed by atoms with E-state index < -0.39 is 68.9 Å². The number of nitrogens with one attached hydrogen (secondary N) is 1. The molecule has 174 valence electrons. The number of nitrogens with zero attached hydrogens (tertiary/aromatic N) is 3. The molecular formula is C18H17F5N4O4S. The van der Waals surface area contributed by atoms with Gasteiger partial charge in [-0.15, -0.1) is 10.2 Å². The van der Waals surface area contributed by atoms with E-state index in [1.165, 1.54) is 6.07 Å². The van der Waals surface area contributed by atoms with E-state index in [9.17, 15) is 30.8 Å². The van der Waals surface area contributed by atoms with Gasteiger partial charge in [0.1, 0.15) is 4.90 Å². The number of halogens is 5. The van der Waals surface area contributed by atoms with Gasteiger partial charge in [-0.3, -0.25) is 4.79 Å². The lowest BCUT2D eigenvalue weighted by molar-refractivity contribution is -0.133. The number of sulfonamides is 1. The van der Waals surface area contributed by atoms with Crippen LogP contribution in [0.4, 0.5) is 22.0 Å². The van der Waals surface area contributed by atoms with E-state index in [1.54, 1.807) is 0 Å². The molecule has 8 nitrogen and oxygen atoms in total. The maximum Gasteiger partial charge on any atom is 0.315 e. The average molecular weight is 480 g/mol. The lowest BCUT2D eigenvalue weighted by atomic mass is 9.90. The van der Waals surface area contributed by atoms with Gasteiger partial charge in [-0.05, 0) is 24.5 Å². The molecule has 2 atom stereocenters. The minimum absolute atomic E-state index is 0.101. The Morgan fingerprint density at radius 1 is 1.16 bits per heavy atom. The third kappa shape index (κ3) is 3.85. The molecule has 14 heteroatoms. The zero-order chi connectivity index (χ0) is 23.2. The Bertz CT molecular complexity index is 1140. The monoisotopic (exact) mass is 480 g/mol. The van der Waals surface area contributed by atoms with Crippen LogP contribution in [0.3, 0.4) is 0 Å². The number of hydrogen-bond acceptors (Lipinski definition) is 6. The molecule has 2 aliphatic rings. The van der Waals surface area contributed by atoms with Crippen molar-refractivity contribution >= 4 is 15.9 Å². The topological polar surface area (TPSA) is 105 Å². The lowest BCUT2D eigenvalue weighted by Crippen LogP contribution is -2.54. The van der Waals surface area contributed by atoms with Crippen molar-refractivity contribution in [3.63, 3.8) is 0 Å². The number of aromatic nitrogens is 2. The summed E-state index contributed by atoms with van der Waals surface area (Å²) in [4.78, 5) is 10.8. The largest absolute Gasteiger partial charge is 0.415 e. The van der Waals surface area contributed by atoms with Crippen LogP contribution in [0.5, 0.6) is 0 Å². The van der Waals surface area contributed by atoms with Gasteiger partial charge in [0, 0.05) is 18.6 Å². The molecule has 2 aromatic rings. The number of carbonyl (C=O) groups is 1. The Morgan fingerprint density at radius 3 is 2.53 bits per heavy atom. The lowest BCUT2D eigenvalue weighted by Gasteiger charge is -2.37. The van der Waals surface area contributed by atoms with Gasteiger partial charge >= 0.3 is 12.9 Å². The molecule has 1 aromatic heterocycles. The highest BCUT2D eigenvalue weighted by molar-refractivity contribution is 7.89. The van der Waals surface area contributed by atoms with Gasteiger partial charge in [-0.25, -0.2) is 12.8 Å². The first-order chi connectivity index (χ1) is 15.1. The molecule has 1 amide bonds. The quantitative estimate of drug-likeness (QED) is 0.660. The van der Waals surface area contributed by atoms with E-state index >= 15 is 4.39 Å². The maximum atomic E-state index is 15.2. The molecule has 1 fully saturated rings. The molecule has 1 aliphatic carbocycles. The second-order valence-electron chi connectivity index (χ2n) is 7.48. The van der Waals surface area contributed by atoms with Crippen LogP contribution < -0.4 is 5.32 Å². The van der Waals surface area contributed by atoms with Crippen LogP contribution in [0.15, 0.2) is 21.4 Å². The van der Waals surface area contributed by atoms with Crippen molar-refractivity contribution in [3.05, 3.63) is 29.4 Å². The first kappa shape index (κ1) is 22.6. The number of benzene rings is 1. The Hall–Kier alpha value is -2.61. The van der Waals surface area contributed by atoms with Crippen LogP contribution in [0, 0.1) is 5.82 Å². The van der Waals surface area contributed by atoms with Crippen LogP contribution in [-0.4, -0.2) is 47.3 Å². The summed E-state index contributed by atoms with van der Waals surface area (Å²) in [6.45, 7) is -0.229. The predicted molar refractivity (Wildman–Crippen MR) is 97.6 cm³/mol. The van der Waals surface area contributed by atoms with Crippen LogP contribution in [0.2, 0.25) is 0 Å². The molecule has 1 saturated carbocycles. The number of alkyl halides is 4. The molecule has 4 rings (SSSR count). The van der Waals surface area contributed by atoms with E-state index in [1.807, 2.05) is 0 Å². The molecule has 1 aliphatic heterocycles. The molecule has 1 aromatic carbocycles. The number of rotatable bonds is 5. The number of carbonyl (C=O) groups excluding carboxylic acids is 1. The summed E-state index contributed by atoms with van der Waals surface area (Å²) in [6, 6.07) is 0.738. The van der Waals surface area contributed by atoms with Gasteiger partial charge in [0.15, 0.2) is 5.82 Å². The zero-order valence-electron chi connectivity index (χ0n) is 16.3. The average Bonchev–Trinajstić information content (AvgIpc) is 3.32.